The molecule has 5 heteroatoms. The molecule has 1 aromatic rings. The minimum Gasteiger partial charge on any atom is -0.246 e. The molecule has 66 valence electrons. The summed E-state index contributed by atoms with van der Waals surface area (Å²) in [6.45, 7) is 0. The van der Waals surface area contributed by atoms with Gasteiger partial charge in [0.05, 0.1) is 5.08 Å². The Morgan fingerprint density at radius 1 is 1.58 bits per heavy atom. The van der Waals surface area contributed by atoms with E-state index in [0.717, 1.165) is 5.08 Å². The predicted octanol–water partition coefficient (Wildman–Crippen LogP) is 2.16. The van der Waals surface area contributed by atoms with Gasteiger partial charge >= 0.3 is 0 Å². The third-order valence-electron chi connectivity index (χ3n) is 1.08. The van der Waals surface area contributed by atoms with Crippen molar-refractivity contribution < 1.29 is 4.21 Å². The van der Waals surface area contributed by atoms with Crippen LogP contribution < -0.4 is 0 Å². The van der Waals surface area contributed by atoms with Crippen LogP contribution in [-0.4, -0.2) is 20.5 Å². The van der Waals surface area contributed by atoms with E-state index in [1.165, 1.54) is 10.8 Å². The molecular weight excluding hydrogens is 210 g/mol. The highest BCUT2D eigenvalue weighted by Crippen LogP contribution is 2.19. The Bertz CT molecular complexity index is 252. The van der Waals surface area contributed by atoms with Crippen LogP contribution in [0.2, 0.25) is 0 Å². The van der Waals surface area contributed by atoms with E-state index in [9.17, 15) is 4.21 Å². The number of rotatable bonds is 4. The minimum absolute atomic E-state index is 0.650. The van der Waals surface area contributed by atoms with E-state index in [1.54, 1.807) is 24.0 Å². The topological polar surface area (TPSA) is 30.0 Å². The summed E-state index contributed by atoms with van der Waals surface area (Å²) in [6.07, 6.45) is 3.65. The van der Waals surface area contributed by atoms with Crippen LogP contribution in [0.4, 0.5) is 0 Å². The van der Waals surface area contributed by atoms with E-state index in [2.05, 4.69) is 4.98 Å². The molecule has 1 heterocycles. The fraction of sp³-hybridized carbons (Fsp3) is 0.286. The van der Waals surface area contributed by atoms with Crippen molar-refractivity contribution in [3.05, 3.63) is 24.4 Å². The van der Waals surface area contributed by atoms with Gasteiger partial charge in [-0.1, -0.05) is 6.07 Å². The molecule has 1 atom stereocenters. The zero-order chi connectivity index (χ0) is 8.81. The number of aromatic nitrogens is 1. The van der Waals surface area contributed by atoms with Crippen LogP contribution in [-0.2, 0) is 9.83 Å². The Hall–Kier alpha value is -0.000000000000000167. The number of hydrogen-bond donors (Lipinski definition) is 0. The molecule has 0 aliphatic heterocycles. The van der Waals surface area contributed by atoms with E-state index in [-0.39, 0.29) is 0 Å². The van der Waals surface area contributed by atoms with Gasteiger partial charge in [0.1, 0.15) is 14.9 Å². The molecule has 0 aliphatic rings. The highest BCUT2D eigenvalue weighted by molar-refractivity contribution is 8.70. The van der Waals surface area contributed by atoms with Crippen molar-refractivity contribution in [3.8, 4) is 0 Å². The Balaban J connectivity index is 2.54. The van der Waals surface area contributed by atoms with Crippen LogP contribution in [0.3, 0.4) is 0 Å². The number of pyridine rings is 1. The molecule has 12 heavy (non-hydrogen) atoms. The van der Waals surface area contributed by atoms with Crippen molar-refractivity contribution in [2.24, 2.45) is 0 Å². The Morgan fingerprint density at radius 2 is 2.42 bits per heavy atom. The molecule has 0 aromatic carbocycles. The molecule has 0 amide bonds. The summed E-state index contributed by atoms with van der Waals surface area (Å²) >= 11 is 1.67. The van der Waals surface area contributed by atoms with Gasteiger partial charge in [-0.05, 0) is 29.2 Å². The SMILES string of the molecule is CSCS[S@](=O)c1ccccn1. The lowest BCUT2D eigenvalue weighted by Gasteiger charge is -1.97. The second kappa shape index (κ2) is 5.61. The van der Waals surface area contributed by atoms with Gasteiger partial charge in [0.15, 0.2) is 0 Å². The maximum absolute atomic E-state index is 11.4. The van der Waals surface area contributed by atoms with E-state index >= 15 is 0 Å². The predicted molar refractivity (Wildman–Crippen MR) is 56.6 cm³/mol. The molecule has 0 saturated carbocycles. The lowest BCUT2D eigenvalue weighted by molar-refractivity contribution is 0.689. The number of nitrogens with zero attached hydrogens (tertiary/aromatic N) is 1. The molecule has 0 saturated heterocycles. The zero-order valence-corrected chi connectivity index (χ0v) is 9.05. The normalized spacial score (nSPS) is 12.8. The monoisotopic (exact) mass is 219 g/mol. The summed E-state index contributed by atoms with van der Waals surface area (Å²) in [6, 6.07) is 5.45. The number of thioether (sulfide) groups is 1. The van der Waals surface area contributed by atoms with Gasteiger partial charge in [-0.3, -0.25) is 0 Å². The van der Waals surface area contributed by atoms with Gasteiger partial charge in [-0.15, -0.1) is 0 Å². The molecule has 1 aromatic heterocycles. The molecule has 0 bridgehead atoms. The van der Waals surface area contributed by atoms with Crippen LogP contribution in [0, 0.1) is 0 Å². The van der Waals surface area contributed by atoms with Gasteiger partial charge in [0, 0.05) is 6.20 Å². The quantitative estimate of drug-likeness (QED) is 0.573. The summed E-state index contributed by atoms with van der Waals surface area (Å²) in [5.74, 6) is 0. The van der Waals surface area contributed by atoms with Gasteiger partial charge in [-0.2, -0.15) is 11.8 Å². The summed E-state index contributed by atoms with van der Waals surface area (Å²) in [5, 5.41) is 1.49. The van der Waals surface area contributed by atoms with Crippen LogP contribution in [0.15, 0.2) is 29.4 Å². The Kier molecular flexibility index (Phi) is 4.72. The fourth-order valence-corrected chi connectivity index (χ4v) is 4.10. The molecule has 0 spiro atoms. The van der Waals surface area contributed by atoms with Crippen LogP contribution in [0.25, 0.3) is 0 Å². The first-order chi connectivity index (χ1) is 5.84. The number of hydrogen-bond acceptors (Lipinski definition) is 4. The van der Waals surface area contributed by atoms with E-state index in [4.69, 9.17) is 0 Å². The maximum atomic E-state index is 11.4. The molecular formula is C7H9NOS3. The first-order valence-electron chi connectivity index (χ1n) is 3.29. The highest BCUT2D eigenvalue weighted by Gasteiger charge is 2.03. The van der Waals surface area contributed by atoms with Crippen molar-refractivity contribution in [1.82, 2.24) is 4.98 Å². The van der Waals surface area contributed by atoms with Crippen molar-refractivity contribution in [3.63, 3.8) is 0 Å². The molecule has 0 radical (unpaired) electrons. The van der Waals surface area contributed by atoms with Crippen molar-refractivity contribution >= 4 is 32.4 Å². The molecule has 0 fully saturated rings. The summed E-state index contributed by atoms with van der Waals surface area (Å²) in [4.78, 5) is 4.00. The van der Waals surface area contributed by atoms with Gasteiger partial charge in [-0.25, -0.2) is 9.19 Å². The van der Waals surface area contributed by atoms with E-state index in [1.807, 2.05) is 18.4 Å². The molecule has 0 unspecified atom stereocenters. The summed E-state index contributed by atoms with van der Waals surface area (Å²) in [7, 11) is 0.404. The van der Waals surface area contributed by atoms with Gasteiger partial charge in [0.2, 0.25) is 0 Å². The Labute approximate surface area is 82.4 Å². The molecule has 1 rings (SSSR count). The third-order valence-corrected chi connectivity index (χ3v) is 5.23. The lowest BCUT2D eigenvalue weighted by atomic mass is 10.5. The van der Waals surface area contributed by atoms with E-state index < -0.39 is 9.83 Å². The molecule has 2 nitrogen and oxygen atoms in total. The standard InChI is InChI=1S/C7H9NOS3/c1-10-6-11-12(9)7-4-2-3-5-8-7/h2-5H,6H2,1H3/t12-/m0/s1. The van der Waals surface area contributed by atoms with E-state index in [0.29, 0.717) is 5.03 Å². The molecule has 0 aliphatic carbocycles. The fourth-order valence-electron chi connectivity index (χ4n) is 0.598. The Morgan fingerprint density at radius 3 is 3.00 bits per heavy atom. The van der Waals surface area contributed by atoms with Crippen LogP contribution >= 0.6 is 22.6 Å². The maximum Gasteiger partial charge on any atom is 0.138 e. The minimum atomic E-state index is -0.999. The van der Waals surface area contributed by atoms with Crippen molar-refractivity contribution in [1.29, 1.82) is 0 Å². The third kappa shape index (κ3) is 3.16. The first-order valence-corrected chi connectivity index (χ1v) is 7.34. The molecule has 0 N–H and O–H groups in total. The van der Waals surface area contributed by atoms with Gasteiger partial charge < -0.3 is 0 Å². The average molecular weight is 219 g/mol. The second-order valence-electron chi connectivity index (χ2n) is 1.93. The smallest absolute Gasteiger partial charge is 0.138 e. The summed E-state index contributed by atoms with van der Waals surface area (Å²) in [5.41, 5.74) is 0. The average Bonchev–Trinajstić information content (AvgIpc) is 2.15. The van der Waals surface area contributed by atoms with Crippen molar-refractivity contribution in [2.75, 3.05) is 11.3 Å². The first kappa shape index (κ1) is 10.1. The second-order valence-corrected chi connectivity index (χ2v) is 6.19. The highest BCUT2D eigenvalue weighted by atomic mass is 33.1. The lowest BCUT2D eigenvalue weighted by Crippen LogP contribution is -1.88. The van der Waals surface area contributed by atoms with Crippen molar-refractivity contribution in [2.45, 2.75) is 5.03 Å². The van der Waals surface area contributed by atoms with Crippen LogP contribution in [0.5, 0.6) is 0 Å². The largest absolute Gasteiger partial charge is 0.246 e. The van der Waals surface area contributed by atoms with Gasteiger partial charge in [0.25, 0.3) is 0 Å². The zero-order valence-electron chi connectivity index (χ0n) is 6.60. The van der Waals surface area contributed by atoms with Crippen LogP contribution in [0.1, 0.15) is 0 Å². The summed E-state index contributed by atoms with van der Waals surface area (Å²) < 4.78 is 11.4.